The third-order valence-electron chi connectivity index (χ3n) is 5.99. The molecule has 1 heterocycles. The van der Waals surface area contributed by atoms with Crippen molar-refractivity contribution in [2.75, 3.05) is 50.1 Å². The average molecular weight is 562 g/mol. The van der Waals surface area contributed by atoms with Crippen molar-refractivity contribution in [3.05, 3.63) is 63.6 Å². The summed E-state index contributed by atoms with van der Waals surface area (Å²) in [5.41, 5.74) is 2.04. The van der Waals surface area contributed by atoms with Gasteiger partial charge in [0, 0.05) is 26.2 Å². The molecule has 1 saturated heterocycles. The monoisotopic (exact) mass is 560 g/mol. The molecule has 3 aromatic rings. The van der Waals surface area contributed by atoms with E-state index in [1.165, 1.54) is 0 Å². The highest BCUT2D eigenvalue weighted by molar-refractivity contribution is 9.10. The van der Waals surface area contributed by atoms with Crippen LogP contribution in [0, 0.1) is 0 Å². The molecule has 1 aliphatic rings. The maximum absolute atomic E-state index is 13.2. The number of carbonyl (C=O) groups is 1. The minimum atomic E-state index is -0.360. The Kier molecular flexibility index (Phi) is 7.93. The van der Waals surface area contributed by atoms with Crippen LogP contribution in [0.15, 0.2) is 53.0 Å². The van der Waals surface area contributed by atoms with Gasteiger partial charge in [-0.15, -0.1) is 0 Å². The number of ether oxygens (including phenoxy) is 1. The summed E-state index contributed by atoms with van der Waals surface area (Å²) in [6.07, 6.45) is 0. The Morgan fingerprint density at radius 3 is 2.59 bits per heavy atom. The van der Waals surface area contributed by atoms with Crippen molar-refractivity contribution in [2.45, 2.75) is 6.92 Å². The number of likely N-dealkylation sites (N-methyl/N-ethyl adjacent to an activating group) is 1. The molecule has 3 aromatic carbocycles. The smallest absolute Gasteiger partial charge is 0.261 e. The van der Waals surface area contributed by atoms with Crippen LogP contribution in [0.5, 0.6) is 5.75 Å². The number of nitrogens with one attached hydrogen (secondary N) is 2. The van der Waals surface area contributed by atoms with Crippen LogP contribution in [0.3, 0.4) is 0 Å². The molecule has 4 rings (SSSR count). The number of benzene rings is 3. The molecule has 0 aromatic heterocycles. The standard InChI is InChI=1S/C25H26BrClN4O2S/c1-3-30-11-13-31(14-12-30)22-19(27)9-6-10-20(22)28-25(34)29-24(32)18-15-16-7-4-5-8-17(16)21(26)23(18)33-2/h4-10,15H,3,11-14H2,1-2H3,(H2,28,29,32,34). The second-order valence-electron chi connectivity index (χ2n) is 7.96. The fourth-order valence-electron chi connectivity index (χ4n) is 4.20. The lowest BCUT2D eigenvalue weighted by atomic mass is 10.1. The predicted octanol–water partition coefficient (Wildman–Crippen LogP) is 5.53. The molecule has 0 radical (unpaired) electrons. The molecule has 0 bridgehead atoms. The fraction of sp³-hybridized carbons (Fsp3) is 0.280. The molecule has 178 valence electrons. The SMILES string of the molecule is CCN1CCN(c2c(Cl)cccc2NC(=S)NC(=O)c2cc3ccccc3c(Br)c2OC)CC1. The van der Waals surface area contributed by atoms with Crippen LogP contribution in [0.25, 0.3) is 10.8 Å². The summed E-state index contributed by atoms with van der Waals surface area (Å²) in [7, 11) is 1.54. The van der Waals surface area contributed by atoms with E-state index in [0.717, 1.165) is 59.3 Å². The van der Waals surface area contributed by atoms with Crippen molar-refractivity contribution in [3.63, 3.8) is 0 Å². The van der Waals surface area contributed by atoms with Gasteiger partial charge in [-0.2, -0.15) is 0 Å². The molecule has 0 atom stereocenters. The first-order chi connectivity index (χ1) is 16.4. The Morgan fingerprint density at radius 1 is 1.15 bits per heavy atom. The Bertz CT molecular complexity index is 1230. The molecule has 2 N–H and O–H groups in total. The predicted molar refractivity (Wildman–Crippen MR) is 148 cm³/mol. The number of piperazine rings is 1. The van der Waals surface area contributed by atoms with Crippen molar-refractivity contribution in [3.8, 4) is 5.75 Å². The number of para-hydroxylation sites is 1. The van der Waals surface area contributed by atoms with E-state index in [4.69, 9.17) is 28.6 Å². The first-order valence-electron chi connectivity index (χ1n) is 11.1. The number of hydrogen-bond donors (Lipinski definition) is 2. The third kappa shape index (κ3) is 5.15. The van der Waals surface area contributed by atoms with Gasteiger partial charge in [0.15, 0.2) is 5.11 Å². The van der Waals surface area contributed by atoms with E-state index < -0.39 is 0 Å². The van der Waals surface area contributed by atoms with Gasteiger partial charge >= 0.3 is 0 Å². The Hall–Kier alpha value is -2.39. The molecule has 1 aliphatic heterocycles. The molecule has 1 amide bonds. The van der Waals surface area contributed by atoms with Gasteiger partial charge in [-0.25, -0.2) is 0 Å². The van der Waals surface area contributed by atoms with Crippen LogP contribution >= 0.6 is 39.7 Å². The highest BCUT2D eigenvalue weighted by Crippen LogP contribution is 2.37. The summed E-state index contributed by atoms with van der Waals surface area (Å²) in [4.78, 5) is 17.8. The zero-order valence-corrected chi connectivity index (χ0v) is 22.2. The van der Waals surface area contributed by atoms with Crippen molar-refractivity contribution < 1.29 is 9.53 Å². The second-order valence-corrected chi connectivity index (χ2v) is 9.57. The van der Waals surface area contributed by atoms with Crippen LogP contribution in [0.4, 0.5) is 11.4 Å². The molecular weight excluding hydrogens is 536 g/mol. The first kappa shape index (κ1) is 24.7. The summed E-state index contributed by atoms with van der Waals surface area (Å²) >= 11 is 15.7. The molecule has 0 spiro atoms. The lowest BCUT2D eigenvalue weighted by Crippen LogP contribution is -2.46. The van der Waals surface area contributed by atoms with E-state index >= 15 is 0 Å². The van der Waals surface area contributed by atoms with E-state index in [-0.39, 0.29) is 11.0 Å². The Labute approximate surface area is 218 Å². The molecular formula is C25H26BrClN4O2S. The van der Waals surface area contributed by atoms with E-state index in [9.17, 15) is 4.79 Å². The van der Waals surface area contributed by atoms with Crippen LogP contribution < -0.4 is 20.3 Å². The number of rotatable bonds is 5. The average Bonchev–Trinajstić information content (AvgIpc) is 2.84. The van der Waals surface area contributed by atoms with Gasteiger partial charge in [-0.3, -0.25) is 10.1 Å². The second kappa shape index (κ2) is 10.9. The number of carbonyl (C=O) groups excluding carboxylic acids is 1. The minimum Gasteiger partial charge on any atom is -0.495 e. The third-order valence-corrected chi connectivity index (χ3v) is 7.28. The number of amides is 1. The normalized spacial score (nSPS) is 14.2. The van der Waals surface area contributed by atoms with Crippen LogP contribution in [-0.4, -0.2) is 55.8 Å². The number of hydrogen-bond acceptors (Lipinski definition) is 5. The highest BCUT2D eigenvalue weighted by Gasteiger charge is 2.22. The van der Waals surface area contributed by atoms with Gasteiger partial charge in [0.2, 0.25) is 0 Å². The molecule has 1 fully saturated rings. The zero-order valence-electron chi connectivity index (χ0n) is 19.0. The van der Waals surface area contributed by atoms with Gasteiger partial charge < -0.3 is 19.9 Å². The van der Waals surface area contributed by atoms with Gasteiger partial charge in [-0.1, -0.05) is 48.9 Å². The van der Waals surface area contributed by atoms with Crippen LogP contribution in [0.1, 0.15) is 17.3 Å². The van der Waals surface area contributed by atoms with E-state index in [0.29, 0.717) is 16.3 Å². The minimum absolute atomic E-state index is 0.187. The number of nitrogens with zero attached hydrogens (tertiary/aromatic N) is 2. The Morgan fingerprint density at radius 2 is 1.88 bits per heavy atom. The molecule has 34 heavy (non-hydrogen) atoms. The number of methoxy groups -OCH3 is 1. The van der Waals surface area contributed by atoms with Gasteiger partial charge in [0.1, 0.15) is 5.75 Å². The fourth-order valence-corrected chi connectivity index (χ4v) is 5.44. The van der Waals surface area contributed by atoms with Gasteiger partial charge in [0.25, 0.3) is 5.91 Å². The summed E-state index contributed by atoms with van der Waals surface area (Å²) in [6, 6.07) is 15.2. The zero-order chi connectivity index (χ0) is 24.2. The number of thiocarbonyl (C=S) groups is 1. The summed E-state index contributed by atoms with van der Waals surface area (Å²) in [6.45, 7) is 6.88. The molecule has 0 saturated carbocycles. The molecule has 0 aliphatic carbocycles. The van der Waals surface area contributed by atoms with Crippen molar-refractivity contribution in [1.29, 1.82) is 0 Å². The van der Waals surface area contributed by atoms with Crippen molar-refractivity contribution in [2.24, 2.45) is 0 Å². The summed E-state index contributed by atoms with van der Waals surface area (Å²) in [5.74, 6) is 0.0946. The Balaban J connectivity index is 1.54. The lowest BCUT2D eigenvalue weighted by Gasteiger charge is -2.37. The van der Waals surface area contributed by atoms with Gasteiger partial charge in [-0.05, 0) is 63.7 Å². The maximum Gasteiger partial charge on any atom is 0.261 e. The number of halogens is 2. The highest BCUT2D eigenvalue weighted by atomic mass is 79.9. The summed E-state index contributed by atoms with van der Waals surface area (Å²) < 4.78 is 6.26. The van der Waals surface area contributed by atoms with E-state index in [1.807, 2.05) is 42.5 Å². The lowest BCUT2D eigenvalue weighted by molar-refractivity contribution is 0.0975. The molecule has 0 unspecified atom stereocenters. The molecule has 6 nitrogen and oxygen atoms in total. The largest absolute Gasteiger partial charge is 0.495 e. The van der Waals surface area contributed by atoms with Crippen LogP contribution in [0.2, 0.25) is 5.02 Å². The first-order valence-corrected chi connectivity index (χ1v) is 12.6. The van der Waals surface area contributed by atoms with E-state index in [2.05, 4.69) is 43.3 Å². The maximum atomic E-state index is 13.2. The quantitative estimate of drug-likeness (QED) is 0.400. The number of anilines is 2. The van der Waals surface area contributed by atoms with Crippen molar-refractivity contribution >= 4 is 72.9 Å². The van der Waals surface area contributed by atoms with Crippen LogP contribution in [-0.2, 0) is 0 Å². The van der Waals surface area contributed by atoms with Gasteiger partial charge in [0.05, 0.1) is 33.5 Å². The molecule has 9 heteroatoms. The summed E-state index contributed by atoms with van der Waals surface area (Å²) in [5, 5.41) is 8.67. The topological polar surface area (TPSA) is 56.8 Å². The van der Waals surface area contributed by atoms with E-state index in [1.54, 1.807) is 13.2 Å². The van der Waals surface area contributed by atoms with Crippen molar-refractivity contribution in [1.82, 2.24) is 10.2 Å². The number of fused-ring (bicyclic) bond motifs is 1.